The predicted octanol–water partition coefficient (Wildman–Crippen LogP) is 1.82. The molecular weight excluding hydrogens is 325 g/mol. The Hall–Kier alpha value is -0.880. The second kappa shape index (κ2) is 10.8. The fourth-order valence-electron chi connectivity index (χ4n) is 2.72. The number of rotatable bonds is 5. The minimum absolute atomic E-state index is 0. The molecule has 5 nitrogen and oxygen atoms in total. The summed E-state index contributed by atoms with van der Waals surface area (Å²) in [7, 11) is 1.72. The van der Waals surface area contributed by atoms with E-state index in [9.17, 15) is 4.79 Å². The molecule has 2 N–H and O–H groups in total. The Bertz CT molecular complexity index is 434. The van der Waals surface area contributed by atoms with Gasteiger partial charge in [0.05, 0.1) is 6.10 Å². The highest BCUT2D eigenvalue weighted by Gasteiger charge is 2.30. The van der Waals surface area contributed by atoms with E-state index in [0.29, 0.717) is 13.0 Å². The number of carbonyl (C=O) groups excluding carboxylic acids is 1. The fourth-order valence-corrected chi connectivity index (χ4v) is 2.72. The highest BCUT2D eigenvalue weighted by Crippen LogP contribution is 2.20. The molecule has 2 atom stereocenters. The molecule has 22 heavy (non-hydrogen) atoms. The lowest BCUT2D eigenvalue weighted by Crippen LogP contribution is -2.51. The first-order valence-electron chi connectivity index (χ1n) is 7.15. The molecule has 0 radical (unpaired) electrons. The molecule has 1 aliphatic heterocycles. The highest BCUT2D eigenvalue weighted by atomic mass is 35.5. The van der Waals surface area contributed by atoms with Gasteiger partial charge in [-0.25, -0.2) is 0 Å². The minimum Gasteiger partial charge on any atom is -0.381 e. The number of piperidine rings is 1. The van der Waals surface area contributed by atoms with Crippen LogP contribution < -0.4 is 5.73 Å². The number of hydrogen-bond donors (Lipinski definition) is 1. The van der Waals surface area contributed by atoms with Crippen molar-refractivity contribution in [3.63, 3.8) is 0 Å². The van der Waals surface area contributed by atoms with Gasteiger partial charge in [-0.2, -0.15) is 0 Å². The third-order valence-corrected chi connectivity index (χ3v) is 3.97. The lowest BCUT2D eigenvalue weighted by molar-refractivity contribution is -0.136. The molecule has 1 amide bonds. The van der Waals surface area contributed by atoms with E-state index in [2.05, 4.69) is 4.98 Å². The summed E-state index contributed by atoms with van der Waals surface area (Å²) < 4.78 is 5.38. The summed E-state index contributed by atoms with van der Waals surface area (Å²) in [6.07, 6.45) is 6.76. The highest BCUT2D eigenvalue weighted by molar-refractivity contribution is 5.85. The maximum absolute atomic E-state index is 12.3. The molecule has 2 heterocycles. The third-order valence-electron chi connectivity index (χ3n) is 3.97. The first-order chi connectivity index (χ1) is 9.74. The van der Waals surface area contributed by atoms with Gasteiger partial charge in [0.2, 0.25) is 5.91 Å². The lowest BCUT2D eigenvalue weighted by atomic mass is 9.98. The van der Waals surface area contributed by atoms with Gasteiger partial charge in [0.15, 0.2) is 0 Å². The molecule has 0 bridgehead atoms. The van der Waals surface area contributed by atoms with E-state index in [0.717, 1.165) is 31.4 Å². The Labute approximate surface area is 144 Å². The number of amides is 1. The summed E-state index contributed by atoms with van der Waals surface area (Å²) in [5, 5.41) is 0. The zero-order chi connectivity index (χ0) is 14.4. The maximum atomic E-state index is 12.3. The molecule has 1 aromatic heterocycles. The van der Waals surface area contributed by atoms with Crippen molar-refractivity contribution >= 4 is 30.7 Å². The van der Waals surface area contributed by atoms with Crippen LogP contribution in [0.1, 0.15) is 24.8 Å². The van der Waals surface area contributed by atoms with Crippen LogP contribution in [-0.4, -0.2) is 48.1 Å². The van der Waals surface area contributed by atoms with Crippen LogP contribution in [0.3, 0.4) is 0 Å². The molecule has 7 heteroatoms. The number of aromatic nitrogens is 1. The van der Waals surface area contributed by atoms with Crippen molar-refractivity contribution in [2.45, 2.75) is 37.8 Å². The van der Waals surface area contributed by atoms with Crippen molar-refractivity contribution in [1.82, 2.24) is 9.88 Å². The second-order valence-electron chi connectivity index (χ2n) is 5.21. The summed E-state index contributed by atoms with van der Waals surface area (Å²) in [4.78, 5) is 18.3. The van der Waals surface area contributed by atoms with Gasteiger partial charge in [0.25, 0.3) is 0 Å². The average Bonchev–Trinajstić information content (AvgIpc) is 2.52. The Morgan fingerprint density at radius 1 is 1.41 bits per heavy atom. The van der Waals surface area contributed by atoms with Crippen LogP contribution in [0.2, 0.25) is 0 Å². The Morgan fingerprint density at radius 2 is 2.09 bits per heavy atom. The predicted molar refractivity (Wildman–Crippen MR) is 91.6 cm³/mol. The van der Waals surface area contributed by atoms with Crippen molar-refractivity contribution in [1.29, 1.82) is 0 Å². The van der Waals surface area contributed by atoms with Crippen LogP contribution in [0, 0.1) is 0 Å². The van der Waals surface area contributed by atoms with Crippen LogP contribution in [-0.2, 0) is 16.0 Å². The van der Waals surface area contributed by atoms with Crippen molar-refractivity contribution < 1.29 is 9.53 Å². The summed E-state index contributed by atoms with van der Waals surface area (Å²) in [6.45, 7) is 1.25. The average molecular weight is 350 g/mol. The quantitative estimate of drug-likeness (QED) is 0.880. The van der Waals surface area contributed by atoms with E-state index in [1.807, 2.05) is 17.0 Å². The summed E-state index contributed by atoms with van der Waals surface area (Å²) in [5.74, 6) is 0.187. The largest absolute Gasteiger partial charge is 0.381 e. The van der Waals surface area contributed by atoms with Gasteiger partial charge in [-0.3, -0.25) is 9.78 Å². The van der Waals surface area contributed by atoms with Gasteiger partial charge >= 0.3 is 0 Å². The van der Waals surface area contributed by atoms with Gasteiger partial charge in [-0.05, 0) is 37.0 Å². The molecule has 1 aliphatic rings. The molecule has 0 aliphatic carbocycles. The topological polar surface area (TPSA) is 68.5 Å². The number of carbonyl (C=O) groups is 1. The molecular formula is C15H25Cl2N3O2. The Kier molecular flexibility index (Phi) is 10.3. The molecule has 1 aromatic rings. The molecule has 126 valence electrons. The summed E-state index contributed by atoms with van der Waals surface area (Å²) in [6, 6.07) is 4.01. The smallest absolute Gasteiger partial charge is 0.223 e. The number of pyridine rings is 1. The van der Waals surface area contributed by atoms with Crippen LogP contribution in [0.25, 0.3) is 0 Å². The van der Waals surface area contributed by atoms with Crippen molar-refractivity contribution in [3.8, 4) is 0 Å². The molecule has 0 spiro atoms. The van der Waals surface area contributed by atoms with E-state index in [1.165, 1.54) is 0 Å². The number of nitrogens with two attached hydrogens (primary N) is 1. The standard InChI is InChI=1S/C15H23N3O2.2ClH/c1-20-14-6-9-18(13(10-14)11-16)15(19)3-2-12-4-7-17-8-5-12;;/h4-5,7-8,13-14H,2-3,6,9-11,16H2,1H3;2*1H. The maximum Gasteiger partial charge on any atom is 0.223 e. The van der Waals surface area contributed by atoms with E-state index >= 15 is 0 Å². The van der Waals surface area contributed by atoms with Crippen molar-refractivity contribution in [2.24, 2.45) is 5.73 Å². The van der Waals surface area contributed by atoms with Crippen molar-refractivity contribution in [2.75, 3.05) is 20.2 Å². The second-order valence-corrected chi connectivity index (χ2v) is 5.21. The number of nitrogens with zero attached hydrogens (tertiary/aromatic N) is 2. The Morgan fingerprint density at radius 3 is 2.68 bits per heavy atom. The van der Waals surface area contributed by atoms with Gasteiger partial charge in [0, 0.05) is 45.1 Å². The van der Waals surface area contributed by atoms with Crippen LogP contribution in [0.15, 0.2) is 24.5 Å². The van der Waals surface area contributed by atoms with Crippen molar-refractivity contribution in [3.05, 3.63) is 30.1 Å². The fraction of sp³-hybridized carbons (Fsp3) is 0.600. The van der Waals surface area contributed by atoms with Crippen LogP contribution in [0.4, 0.5) is 0 Å². The first kappa shape index (κ1) is 21.1. The van der Waals surface area contributed by atoms with E-state index in [1.54, 1.807) is 19.5 Å². The molecule has 2 unspecified atom stereocenters. The number of ether oxygens (including phenoxy) is 1. The normalized spacial score (nSPS) is 20.7. The van der Waals surface area contributed by atoms with E-state index in [4.69, 9.17) is 10.5 Å². The molecule has 0 aromatic carbocycles. The van der Waals surface area contributed by atoms with Crippen LogP contribution >= 0.6 is 24.8 Å². The van der Waals surface area contributed by atoms with Gasteiger partial charge in [0.1, 0.15) is 0 Å². The Balaban J connectivity index is 0.00000220. The number of halogens is 2. The minimum atomic E-state index is 0. The molecule has 1 saturated heterocycles. The zero-order valence-corrected chi connectivity index (χ0v) is 14.4. The SMILES string of the molecule is COC1CCN(C(=O)CCc2ccncc2)C(CN)C1.Cl.Cl. The van der Waals surface area contributed by atoms with Crippen LogP contribution in [0.5, 0.6) is 0 Å². The molecule has 2 rings (SSSR count). The first-order valence-corrected chi connectivity index (χ1v) is 7.15. The lowest BCUT2D eigenvalue weighted by Gasteiger charge is -2.38. The molecule has 1 fully saturated rings. The number of methoxy groups -OCH3 is 1. The van der Waals surface area contributed by atoms with Gasteiger partial charge in [-0.15, -0.1) is 24.8 Å². The van der Waals surface area contributed by atoms with Gasteiger partial charge in [-0.1, -0.05) is 0 Å². The number of likely N-dealkylation sites (tertiary alicyclic amines) is 1. The zero-order valence-electron chi connectivity index (χ0n) is 12.8. The third kappa shape index (κ3) is 5.72. The molecule has 0 saturated carbocycles. The summed E-state index contributed by atoms with van der Waals surface area (Å²) >= 11 is 0. The van der Waals surface area contributed by atoms with E-state index < -0.39 is 0 Å². The summed E-state index contributed by atoms with van der Waals surface area (Å²) in [5.41, 5.74) is 6.94. The van der Waals surface area contributed by atoms with Gasteiger partial charge < -0.3 is 15.4 Å². The van der Waals surface area contributed by atoms with E-state index in [-0.39, 0.29) is 42.9 Å². The number of hydrogen-bond acceptors (Lipinski definition) is 4. The number of aryl methyl sites for hydroxylation is 1. The monoisotopic (exact) mass is 349 g/mol.